The number of carbonyl (C=O) groups is 1. The van der Waals surface area contributed by atoms with Crippen LogP contribution >= 0.6 is 0 Å². The van der Waals surface area contributed by atoms with Crippen molar-refractivity contribution in [1.29, 1.82) is 0 Å². The molecule has 1 saturated heterocycles. The molecule has 15 heavy (non-hydrogen) atoms. The monoisotopic (exact) mass is 204 g/mol. The van der Waals surface area contributed by atoms with Crippen molar-refractivity contribution in [2.45, 2.75) is 32.7 Å². The van der Waals surface area contributed by atoms with Crippen molar-refractivity contribution in [1.82, 2.24) is 9.88 Å². The fourth-order valence-electron chi connectivity index (χ4n) is 2.32. The van der Waals surface area contributed by atoms with Crippen LogP contribution in [0.2, 0.25) is 0 Å². The highest BCUT2D eigenvalue weighted by atomic mass is 16.2. The molecule has 3 nitrogen and oxygen atoms in total. The number of pyridine rings is 1. The summed E-state index contributed by atoms with van der Waals surface area (Å²) in [5, 5.41) is 0. The maximum Gasteiger partial charge on any atom is 0.219 e. The smallest absolute Gasteiger partial charge is 0.219 e. The van der Waals surface area contributed by atoms with Gasteiger partial charge in [0.15, 0.2) is 0 Å². The van der Waals surface area contributed by atoms with Gasteiger partial charge in [0.05, 0.1) is 6.04 Å². The molecular formula is C12H16N2O. The Labute approximate surface area is 90.1 Å². The molecule has 1 aliphatic rings. The Hall–Kier alpha value is -1.38. The van der Waals surface area contributed by atoms with Crippen LogP contribution < -0.4 is 0 Å². The molecule has 1 atom stereocenters. The molecule has 0 N–H and O–H groups in total. The molecule has 1 aromatic rings. The zero-order valence-electron chi connectivity index (χ0n) is 9.23. The summed E-state index contributed by atoms with van der Waals surface area (Å²) in [4.78, 5) is 17.5. The van der Waals surface area contributed by atoms with Crippen LogP contribution in [0.3, 0.4) is 0 Å². The first-order chi connectivity index (χ1) is 7.20. The maximum absolute atomic E-state index is 11.5. The fourth-order valence-corrected chi connectivity index (χ4v) is 2.32. The number of nitrogens with zero attached hydrogens (tertiary/aromatic N) is 2. The lowest BCUT2D eigenvalue weighted by Gasteiger charge is -2.24. The Morgan fingerprint density at radius 2 is 2.40 bits per heavy atom. The van der Waals surface area contributed by atoms with E-state index in [9.17, 15) is 4.79 Å². The number of aromatic nitrogens is 1. The second-order valence-electron chi connectivity index (χ2n) is 4.10. The van der Waals surface area contributed by atoms with E-state index in [2.05, 4.69) is 11.9 Å². The lowest BCUT2D eigenvalue weighted by Crippen LogP contribution is -2.28. The molecule has 1 fully saturated rings. The topological polar surface area (TPSA) is 33.2 Å². The molecule has 0 spiro atoms. The van der Waals surface area contributed by atoms with Crippen LogP contribution in [-0.4, -0.2) is 22.3 Å². The number of amides is 1. The Morgan fingerprint density at radius 1 is 1.60 bits per heavy atom. The van der Waals surface area contributed by atoms with E-state index in [1.807, 2.05) is 17.2 Å². The van der Waals surface area contributed by atoms with Crippen LogP contribution in [0.5, 0.6) is 0 Å². The molecule has 1 amide bonds. The molecule has 0 aromatic carbocycles. The van der Waals surface area contributed by atoms with Gasteiger partial charge in [-0.2, -0.15) is 0 Å². The molecule has 3 heteroatoms. The van der Waals surface area contributed by atoms with Crippen molar-refractivity contribution in [3.8, 4) is 0 Å². The van der Waals surface area contributed by atoms with E-state index in [4.69, 9.17) is 0 Å². The van der Waals surface area contributed by atoms with Crippen LogP contribution in [0.1, 0.15) is 36.9 Å². The molecular weight excluding hydrogens is 188 g/mol. The van der Waals surface area contributed by atoms with Gasteiger partial charge in [-0.1, -0.05) is 0 Å². The molecule has 80 valence electrons. The van der Waals surface area contributed by atoms with E-state index >= 15 is 0 Å². The van der Waals surface area contributed by atoms with Crippen LogP contribution in [0.15, 0.2) is 18.5 Å². The number of aryl methyl sites for hydroxylation is 1. The number of hydrogen-bond acceptors (Lipinski definition) is 2. The maximum atomic E-state index is 11.5. The minimum absolute atomic E-state index is 0.175. The third-order valence-electron chi connectivity index (χ3n) is 3.08. The summed E-state index contributed by atoms with van der Waals surface area (Å²) in [5.41, 5.74) is 2.42. The van der Waals surface area contributed by atoms with Gasteiger partial charge < -0.3 is 4.90 Å². The van der Waals surface area contributed by atoms with E-state index in [1.54, 1.807) is 13.1 Å². The molecule has 0 aliphatic carbocycles. The molecule has 0 saturated carbocycles. The number of carbonyl (C=O) groups excluding carboxylic acids is 1. The van der Waals surface area contributed by atoms with Gasteiger partial charge in [0.2, 0.25) is 5.91 Å². The summed E-state index contributed by atoms with van der Waals surface area (Å²) in [6.07, 6.45) is 5.85. The van der Waals surface area contributed by atoms with E-state index in [0.717, 1.165) is 19.4 Å². The Morgan fingerprint density at radius 3 is 3.07 bits per heavy atom. The summed E-state index contributed by atoms with van der Waals surface area (Å²) in [6, 6.07) is 2.30. The van der Waals surface area contributed by atoms with Crippen molar-refractivity contribution in [3.05, 3.63) is 29.6 Å². The third kappa shape index (κ3) is 1.87. The Balaban J connectivity index is 2.30. The van der Waals surface area contributed by atoms with Gasteiger partial charge in [-0.25, -0.2) is 0 Å². The first kappa shape index (κ1) is 10.1. The quantitative estimate of drug-likeness (QED) is 0.701. The predicted molar refractivity (Wildman–Crippen MR) is 58.3 cm³/mol. The van der Waals surface area contributed by atoms with Gasteiger partial charge in [0.1, 0.15) is 0 Å². The third-order valence-corrected chi connectivity index (χ3v) is 3.08. The summed E-state index contributed by atoms with van der Waals surface area (Å²) >= 11 is 0. The number of hydrogen-bond donors (Lipinski definition) is 0. The Bertz CT molecular complexity index is 376. The van der Waals surface area contributed by atoms with Gasteiger partial charge in [-0.15, -0.1) is 0 Å². The molecule has 2 rings (SSSR count). The summed E-state index contributed by atoms with van der Waals surface area (Å²) in [7, 11) is 0. The number of likely N-dealkylation sites (tertiary alicyclic amines) is 1. The second kappa shape index (κ2) is 4.01. The van der Waals surface area contributed by atoms with Crippen LogP contribution in [-0.2, 0) is 4.79 Å². The molecule has 2 heterocycles. The van der Waals surface area contributed by atoms with Gasteiger partial charge >= 0.3 is 0 Å². The van der Waals surface area contributed by atoms with Crippen molar-refractivity contribution in [2.24, 2.45) is 0 Å². The van der Waals surface area contributed by atoms with Crippen molar-refractivity contribution in [3.63, 3.8) is 0 Å². The van der Waals surface area contributed by atoms with Gasteiger partial charge in [0, 0.05) is 25.9 Å². The molecule has 0 bridgehead atoms. The zero-order valence-corrected chi connectivity index (χ0v) is 9.23. The fraction of sp³-hybridized carbons (Fsp3) is 0.500. The predicted octanol–water partition coefficient (Wildman–Crippen LogP) is 2.07. The van der Waals surface area contributed by atoms with Crippen LogP contribution in [0.4, 0.5) is 0 Å². The summed E-state index contributed by atoms with van der Waals surface area (Å²) in [6.45, 7) is 4.59. The molecule has 0 radical (unpaired) electrons. The lowest BCUT2D eigenvalue weighted by atomic mass is 10.0. The van der Waals surface area contributed by atoms with Crippen molar-refractivity contribution < 1.29 is 4.79 Å². The standard InChI is InChI=1S/C12H16N2O/c1-9-8-13-6-5-11(9)12-4-3-7-14(12)10(2)15/h5-6,8,12H,3-4,7H2,1-2H3/t12-/m0/s1. The van der Waals surface area contributed by atoms with Crippen molar-refractivity contribution in [2.75, 3.05) is 6.54 Å². The molecule has 1 aromatic heterocycles. The zero-order chi connectivity index (χ0) is 10.8. The first-order valence-corrected chi connectivity index (χ1v) is 5.38. The van der Waals surface area contributed by atoms with Crippen LogP contribution in [0.25, 0.3) is 0 Å². The van der Waals surface area contributed by atoms with Crippen LogP contribution in [0, 0.1) is 6.92 Å². The summed E-state index contributed by atoms with van der Waals surface area (Å²) in [5.74, 6) is 0.175. The minimum atomic E-state index is 0.175. The van der Waals surface area contributed by atoms with Gasteiger partial charge in [-0.3, -0.25) is 9.78 Å². The second-order valence-corrected chi connectivity index (χ2v) is 4.10. The SMILES string of the molecule is CC(=O)N1CCC[C@H]1c1ccncc1C. The normalized spacial score (nSPS) is 20.7. The highest BCUT2D eigenvalue weighted by Gasteiger charge is 2.28. The summed E-state index contributed by atoms with van der Waals surface area (Å²) < 4.78 is 0. The number of rotatable bonds is 1. The minimum Gasteiger partial charge on any atom is -0.336 e. The van der Waals surface area contributed by atoms with E-state index in [0.29, 0.717) is 0 Å². The van der Waals surface area contributed by atoms with Gasteiger partial charge in [0.25, 0.3) is 0 Å². The average Bonchev–Trinajstić information content (AvgIpc) is 2.67. The Kier molecular flexibility index (Phi) is 2.71. The van der Waals surface area contributed by atoms with Gasteiger partial charge in [-0.05, 0) is 37.0 Å². The van der Waals surface area contributed by atoms with E-state index < -0.39 is 0 Å². The lowest BCUT2D eigenvalue weighted by molar-refractivity contribution is -0.129. The average molecular weight is 204 g/mol. The first-order valence-electron chi connectivity index (χ1n) is 5.38. The van der Waals surface area contributed by atoms with E-state index in [-0.39, 0.29) is 11.9 Å². The largest absolute Gasteiger partial charge is 0.336 e. The van der Waals surface area contributed by atoms with E-state index in [1.165, 1.54) is 11.1 Å². The molecule has 1 aliphatic heterocycles. The molecule has 0 unspecified atom stereocenters. The van der Waals surface area contributed by atoms with Crippen molar-refractivity contribution >= 4 is 5.91 Å². The highest BCUT2D eigenvalue weighted by Crippen LogP contribution is 2.32. The highest BCUT2D eigenvalue weighted by molar-refractivity contribution is 5.74.